The van der Waals surface area contributed by atoms with Crippen molar-refractivity contribution in [2.24, 2.45) is 0 Å². The van der Waals surface area contributed by atoms with E-state index in [0.29, 0.717) is 12.5 Å². The van der Waals surface area contributed by atoms with E-state index in [1.54, 1.807) is 11.3 Å². The van der Waals surface area contributed by atoms with Gasteiger partial charge >= 0.3 is 0 Å². The summed E-state index contributed by atoms with van der Waals surface area (Å²) in [5, 5.41) is 3.15. The quantitative estimate of drug-likeness (QED) is 0.940. The van der Waals surface area contributed by atoms with E-state index in [4.69, 9.17) is 0 Å². The molecule has 0 bridgehead atoms. The Morgan fingerprint density at radius 1 is 1.45 bits per heavy atom. The largest absolute Gasteiger partial charge is 0.353 e. The lowest BCUT2D eigenvalue weighted by Crippen LogP contribution is -2.43. The first-order chi connectivity index (χ1) is 9.70. The minimum Gasteiger partial charge on any atom is -0.353 e. The molecule has 0 saturated carbocycles. The fourth-order valence-corrected chi connectivity index (χ4v) is 3.29. The lowest BCUT2D eigenvalue weighted by molar-refractivity contribution is -0.121. The number of carbonyl (C=O) groups is 1. The molecule has 1 saturated heterocycles. The fourth-order valence-electron chi connectivity index (χ4n) is 2.63. The Hall–Kier alpha value is -1.46. The van der Waals surface area contributed by atoms with Crippen molar-refractivity contribution in [1.82, 2.24) is 15.2 Å². The first-order valence-electron chi connectivity index (χ1n) is 7.01. The summed E-state index contributed by atoms with van der Waals surface area (Å²) in [4.78, 5) is 18.7. The normalized spacial score (nSPS) is 17.4. The van der Waals surface area contributed by atoms with Gasteiger partial charge in [-0.3, -0.25) is 4.79 Å². The van der Waals surface area contributed by atoms with Crippen LogP contribution in [0.1, 0.15) is 18.4 Å². The van der Waals surface area contributed by atoms with E-state index in [2.05, 4.69) is 22.2 Å². The van der Waals surface area contributed by atoms with Crippen molar-refractivity contribution in [3.05, 3.63) is 29.3 Å². The van der Waals surface area contributed by atoms with Crippen LogP contribution < -0.4 is 5.32 Å². The number of nitrogens with zero attached hydrogens (tertiary/aromatic N) is 2. The van der Waals surface area contributed by atoms with E-state index in [1.165, 1.54) is 4.70 Å². The second kappa shape index (κ2) is 5.89. The van der Waals surface area contributed by atoms with Crippen molar-refractivity contribution in [2.45, 2.75) is 25.3 Å². The van der Waals surface area contributed by atoms with E-state index < -0.39 is 0 Å². The number of fused-ring (bicyclic) bond motifs is 1. The van der Waals surface area contributed by atoms with Crippen molar-refractivity contribution in [1.29, 1.82) is 0 Å². The van der Waals surface area contributed by atoms with E-state index in [-0.39, 0.29) is 5.91 Å². The summed E-state index contributed by atoms with van der Waals surface area (Å²) >= 11 is 1.63. The molecule has 0 aliphatic carbocycles. The van der Waals surface area contributed by atoms with Crippen molar-refractivity contribution in [2.75, 3.05) is 20.1 Å². The van der Waals surface area contributed by atoms with Crippen molar-refractivity contribution < 1.29 is 4.79 Å². The third kappa shape index (κ3) is 3.16. The number of hydrogen-bond donors (Lipinski definition) is 1. The van der Waals surface area contributed by atoms with Crippen LogP contribution in [0.5, 0.6) is 0 Å². The zero-order valence-electron chi connectivity index (χ0n) is 11.6. The number of aromatic nitrogens is 1. The number of piperidine rings is 1. The number of thiazole rings is 1. The molecule has 4 nitrogen and oxygen atoms in total. The second-order valence-electron chi connectivity index (χ2n) is 5.48. The molecular weight excluding hydrogens is 270 g/mol. The zero-order valence-corrected chi connectivity index (χ0v) is 12.4. The van der Waals surface area contributed by atoms with Crippen LogP contribution in [0, 0.1) is 0 Å². The van der Waals surface area contributed by atoms with E-state index in [0.717, 1.165) is 37.0 Å². The Labute approximate surface area is 122 Å². The molecule has 1 aliphatic heterocycles. The molecule has 1 aromatic heterocycles. The maximum absolute atomic E-state index is 12.1. The molecule has 106 valence electrons. The molecule has 0 radical (unpaired) electrons. The topological polar surface area (TPSA) is 45.2 Å². The molecule has 5 heteroatoms. The lowest BCUT2D eigenvalue weighted by Gasteiger charge is -2.29. The lowest BCUT2D eigenvalue weighted by atomic mass is 10.0. The third-order valence-electron chi connectivity index (χ3n) is 3.84. The first-order valence-corrected chi connectivity index (χ1v) is 7.89. The molecule has 2 heterocycles. The second-order valence-corrected chi connectivity index (χ2v) is 6.36. The molecule has 20 heavy (non-hydrogen) atoms. The van der Waals surface area contributed by atoms with Crippen molar-refractivity contribution in [3.63, 3.8) is 0 Å². The maximum atomic E-state index is 12.1. The summed E-state index contributed by atoms with van der Waals surface area (Å²) in [7, 11) is 2.13. The Balaban J connectivity index is 1.58. The summed E-state index contributed by atoms with van der Waals surface area (Å²) in [6, 6.07) is 6.42. The molecule has 1 aliphatic rings. The van der Waals surface area contributed by atoms with Crippen LogP contribution in [0.2, 0.25) is 0 Å². The molecule has 1 N–H and O–H groups in total. The highest BCUT2D eigenvalue weighted by Gasteiger charge is 2.18. The standard InChI is InChI=1S/C15H19N3OS/c1-18-6-4-12(5-7-18)17-15(19)9-11-2-3-14-13(8-11)16-10-20-14/h2-3,8,10,12H,4-7,9H2,1H3,(H,17,19). The smallest absolute Gasteiger partial charge is 0.224 e. The van der Waals surface area contributed by atoms with E-state index in [9.17, 15) is 4.79 Å². The van der Waals surface area contributed by atoms with Gasteiger partial charge in [0.15, 0.2) is 0 Å². The number of amides is 1. The summed E-state index contributed by atoms with van der Waals surface area (Å²) < 4.78 is 1.17. The Morgan fingerprint density at radius 3 is 3.05 bits per heavy atom. The van der Waals surface area contributed by atoms with Gasteiger partial charge in [-0.2, -0.15) is 0 Å². The number of carbonyl (C=O) groups excluding carboxylic acids is 1. The predicted molar refractivity (Wildman–Crippen MR) is 82.0 cm³/mol. The van der Waals surface area contributed by atoms with Crippen LogP contribution >= 0.6 is 11.3 Å². The SMILES string of the molecule is CN1CCC(NC(=O)Cc2ccc3scnc3c2)CC1. The van der Waals surface area contributed by atoms with Crippen LogP contribution in [0.3, 0.4) is 0 Å². The minimum absolute atomic E-state index is 0.120. The summed E-state index contributed by atoms with van der Waals surface area (Å²) in [6.45, 7) is 2.13. The molecule has 2 aromatic rings. The van der Waals surface area contributed by atoms with E-state index in [1.807, 2.05) is 23.7 Å². The van der Waals surface area contributed by atoms with Crippen LogP contribution in [0.4, 0.5) is 0 Å². The molecular formula is C15H19N3OS. The van der Waals surface area contributed by atoms with Gasteiger partial charge in [0.05, 0.1) is 22.1 Å². The summed E-state index contributed by atoms with van der Waals surface area (Å²) in [5.74, 6) is 0.120. The van der Waals surface area contributed by atoms with Gasteiger partial charge in [-0.05, 0) is 50.7 Å². The van der Waals surface area contributed by atoms with Gasteiger partial charge in [0.1, 0.15) is 0 Å². The molecule has 0 atom stereocenters. The van der Waals surface area contributed by atoms with Gasteiger partial charge in [-0.15, -0.1) is 11.3 Å². The molecule has 1 aromatic carbocycles. The maximum Gasteiger partial charge on any atom is 0.224 e. The van der Waals surface area contributed by atoms with E-state index >= 15 is 0 Å². The number of nitrogens with one attached hydrogen (secondary N) is 1. The summed E-state index contributed by atoms with van der Waals surface area (Å²) in [5.41, 5.74) is 3.86. The van der Waals surface area contributed by atoms with Crippen molar-refractivity contribution in [3.8, 4) is 0 Å². The average molecular weight is 289 g/mol. The number of hydrogen-bond acceptors (Lipinski definition) is 4. The average Bonchev–Trinajstić information content (AvgIpc) is 2.89. The number of rotatable bonds is 3. The van der Waals surface area contributed by atoms with Crippen LogP contribution in [-0.2, 0) is 11.2 Å². The summed E-state index contributed by atoms with van der Waals surface area (Å²) in [6.07, 6.45) is 2.54. The zero-order chi connectivity index (χ0) is 13.9. The number of likely N-dealkylation sites (tertiary alicyclic amines) is 1. The minimum atomic E-state index is 0.120. The molecule has 1 amide bonds. The first kappa shape index (κ1) is 13.5. The van der Waals surface area contributed by atoms with Gasteiger partial charge in [0.2, 0.25) is 5.91 Å². The molecule has 0 unspecified atom stereocenters. The molecule has 0 spiro atoms. The molecule has 1 fully saturated rings. The molecule has 3 rings (SSSR count). The van der Waals surface area contributed by atoms with Gasteiger partial charge in [-0.1, -0.05) is 6.07 Å². The highest BCUT2D eigenvalue weighted by Crippen LogP contribution is 2.19. The van der Waals surface area contributed by atoms with Gasteiger partial charge in [0, 0.05) is 6.04 Å². The Morgan fingerprint density at radius 2 is 2.25 bits per heavy atom. The predicted octanol–water partition coefficient (Wildman–Crippen LogP) is 2.05. The highest BCUT2D eigenvalue weighted by atomic mass is 32.1. The van der Waals surface area contributed by atoms with Gasteiger partial charge in [0.25, 0.3) is 0 Å². The fraction of sp³-hybridized carbons (Fsp3) is 0.467. The van der Waals surface area contributed by atoms with Gasteiger partial charge in [-0.25, -0.2) is 4.98 Å². The van der Waals surface area contributed by atoms with Crippen LogP contribution in [0.25, 0.3) is 10.2 Å². The van der Waals surface area contributed by atoms with Crippen LogP contribution in [-0.4, -0.2) is 42.0 Å². The Kier molecular flexibility index (Phi) is 3.98. The van der Waals surface area contributed by atoms with Crippen LogP contribution in [0.15, 0.2) is 23.7 Å². The third-order valence-corrected chi connectivity index (χ3v) is 4.65. The number of benzene rings is 1. The van der Waals surface area contributed by atoms with Crippen molar-refractivity contribution >= 4 is 27.5 Å². The van der Waals surface area contributed by atoms with Gasteiger partial charge < -0.3 is 10.2 Å². The Bertz CT molecular complexity index is 602. The monoisotopic (exact) mass is 289 g/mol. The highest BCUT2D eigenvalue weighted by molar-refractivity contribution is 7.16.